The van der Waals surface area contributed by atoms with Gasteiger partial charge in [-0.1, -0.05) is 0 Å². The van der Waals surface area contributed by atoms with Gasteiger partial charge >= 0.3 is 0 Å². The van der Waals surface area contributed by atoms with Crippen molar-refractivity contribution in [2.75, 3.05) is 31.6 Å². The molecule has 0 saturated carbocycles. The van der Waals surface area contributed by atoms with Gasteiger partial charge < -0.3 is 10.4 Å². The van der Waals surface area contributed by atoms with E-state index in [4.69, 9.17) is 5.11 Å². The summed E-state index contributed by atoms with van der Waals surface area (Å²) in [5.74, 6) is -1.45. The van der Waals surface area contributed by atoms with E-state index in [0.717, 1.165) is 31.2 Å². The number of aliphatic hydroxyl groups is 1. The Morgan fingerprint density at radius 3 is 2.95 bits per heavy atom. The van der Waals surface area contributed by atoms with Gasteiger partial charge in [-0.05, 0) is 31.0 Å². The average molecular weight is 270 g/mol. The quantitative estimate of drug-likeness (QED) is 0.865. The SMILES string of the molecule is O=C(CN1CCC(CO)C1)Nc1cc(F)ccc1F. The van der Waals surface area contributed by atoms with E-state index in [9.17, 15) is 13.6 Å². The lowest BCUT2D eigenvalue weighted by atomic mass is 10.1. The Bertz CT molecular complexity index is 468. The molecular formula is C13H16F2N2O2. The molecule has 1 saturated heterocycles. The summed E-state index contributed by atoms with van der Waals surface area (Å²) in [6.07, 6.45) is 0.845. The summed E-state index contributed by atoms with van der Waals surface area (Å²) < 4.78 is 26.3. The van der Waals surface area contributed by atoms with Crippen LogP contribution in [0.1, 0.15) is 6.42 Å². The summed E-state index contributed by atoms with van der Waals surface area (Å²) in [5, 5.41) is 11.4. The predicted octanol–water partition coefficient (Wildman–Crippen LogP) is 1.22. The molecule has 2 rings (SSSR count). The molecule has 0 aliphatic carbocycles. The Morgan fingerprint density at radius 1 is 1.47 bits per heavy atom. The number of halogens is 2. The summed E-state index contributed by atoms with van der Waals surface area (Å²) in [4.78, 5) is 13.6. The Kier molecular flexibility index (Phi) is 4.44. The molecule has 19 heavy (non-hydrogen) atoms. The Labute approximate surface area is 110 Å². The maximum absolute atomic E-state index is 13.3. The second-order valence-corrected chi connectivity index (χ2v) is 4.74. The predicted molar refractivity (Wildman–Crippen MR) is 66.6 cm³/mol. The van der Waals surface area contributed by atoms with Crippen LogP contribution >= 0.6 is 0 Å². The number of nitrogens with one attached hydrogen (secondary N) is 1. The number of rotatable bonds is 4. The van der Waals surface area contributed by atoms with Crippen molar-refractivity contribution in [3.63, 3.8) is 0 Å². The Balaban J connectivity index is 1.89. The average Bonchev–Trinajstić information content (AvgIpc) is 2.81. The molecule has 1 unspecified atom stereocenters. The molecule has 1 atom stereocenters. The fourth-order valence-electron chi connectivity index (χ4n) is 2.19. The standard InChI is InChI=1S/C13H16F2N2O2/c14-10-1-2-11(15)12(5-10)16-13(19)7-17-4-3-9(6-17)8-18/h1-2,5,9,18H,3-4,6-8H2,(H,16,19). The Morgan fingerprint density at radius 2 is 2.26 bits per heavy atom. The van der Waals surface area contributed by atoms with Crippen molar-refractivity contribution in [2.45, 2.75) is 6.42 Å². The van der Waals surface area contributed by atoms with Crippen LogP contribution in [0.3, 0.4) is 0 Å². The zero-order chi connectivity index (χ0) is 13.8. The third-order valence-corrected chi connectivity index (χ3v) is 3.20. The fraction of sp³-hybridized carbons (Fsp3) is 0.462. The topological polar surface area (TPSA) is 52.6 Å². The minimum atomic E-state index is -0.663. The molecule has 6 heteroatoms. The number of nitrogens with zero attached hydrogens (tertiary/aromatic N) is 1. The van der Waals surface area contributed by atoms with Crippen LogP contribution in [-0.4, -0.2) is 42.2 Å². The van der Waals surface area contributed by atoms with Gasteiger partial charge in [0.05, 0.1) is 12.2 Å². The number of hydrogen-bond donors (Lipinski definition) is 2. The van der Waals surface area contributed by atoms with Crippen LogP contribution < -0.4 is 5.32 Å². The molecule has 1 aliphatic rings. The van der Waals surface area contributed by atoms with Crippen molar-refractivity contribution in [2.24, 2.45) is 5.92 Å². The normalized spacial score (nSPS) is 19.6. The third-order valence-electron chi connectivity index (χ3n) is 3.20. The van der Waals surface area contributed by atoms with Crippen LogP contribution in [-0.2, 0) is 4.79 Å². The van der Waals surface area contributed by atoms with Gasteiger partial charge in [0, 0.05) is 19.2 Å². The van der Waals surface area contributed by atoms with Gasteiger partial charge in [0.15, 0.2) is 0 Å². The molecule has 0 aromatic heterocycles. The van der Waals surface area contributed by atoms with Crippen LogP contribution in [0.25, 0.3) is 0 Å². The lowest BCUT2D eigenvalue weighted by Crippen LogP contribution is -2.32. The van der Waals surface area contributed by atoms with Gasteiger partial charge in [0.1, 0.15) is 11.6 Å². The number of anilines is 1. The fourth-order valence-corrected chi connectivity index (χ4v) is 2.19. The smallest absolute Gasteiger partial charge is 0.238 e. The van der Waals surface area contributed by atoms with E-state index in [-0.39, 0.29) is 30.7 Å². The Hall–Kier alpha value is -1.53. The molecule has 0 bridgehead atoms. The maximum Gasteiger partial charge on any atom is 0.238 e. The molecule has 104 valence electrons. The summed E-state index contributed by atoms with van der Waals surface area (Å²) in [5.41, 5.74) is -0.150. The summed E-state index contributed by atoms with van der Waals surface area (Å²) >= 11 is 0. The maximum atomic E-state index is 13.3. The largest absolute Gasteiger partial charge is 0.396 e. The number of likely N-dealkylation sites (tertiary alicyclic amines) is 1. The monoisotopic (exact) mass is 270 g/mol. The zero-order valence-corrected chi connectivity index (χ0v) is 10.4. The minimum Gasteiger partial charge on any atom is -0.396 e. The number of benzene rings is 1. The highest BCUT2D eigenvalue weighted by Crippen LogP contribution is 2.17. The molecule has 1 heterocycles. The van der Waals surface area contributed by atoms with Gasteiger partial charge in [0.25, 0.3) is 0 Å². The first kappa shape index (κ1) is 13.9. The van der Waals surface area contributed by atoms with Crippen molar-refractivity contribution >= 4 is 11.6 Å². The van der Waals surface area contributed by atoms with Crippen molar-refractivity contribution < 1.29 is 18.7 Å². The molecule has 1 fully saturated rings. The summed E-state index contributed by atoms with van der Waals surface area (Å²) in [6, 6.07) is 2.92. The molecule has 1 amide bonds. The van der Waals surface area contributed by atoms with E-state index in [2.05, 4.69) is 5.32 Å². The number of carbonyl (C=O) groups excluding carboxylic acids is 1. The van der Waals surface area contributed by atoms with Gasteiger partial charge in [-0.2, -0.15) is 0 Å². The number of carbonyl (C=O) groups is 1. The van der Waals surface area contributed by atoms with Crippen molar-refractivity contribution in [1.82, 2.24) is 4.90 Å². The molecule has 1 aromatic carbocycles. The number of aliphatic hydroxyl groups excluding tert-OH is 1. The molecule has 1 aliphatic heterocycles. The highest BCUT2D eigenvalue weighted by molar-refractivity contribution is 5.92. The minimum absolute atomic E-state index is 0.108. The first-order valence-electron chi connectivity index (χ1n) is 6.16. The van der Waals surface area contributed by atoms with Crippen LogP contribution in [0, 0.1) is 17.6 Å². The van der Waals surface area contributed by atoms with Crippen LogP contribution in [0.5, 0.6) is 0 Å². The van der Waals surface area contributed by atoms with Crippen molar-refractivity contribution in [3.8, 4) is 0 Å². The lowest BCUT2D eigenvalue weighted by Gasteiger charge is -2.15. The van der Waals surface area contributed by atoms with Crippen molar-refractivity contribution in [1.29, 1.82) is 0 Å². The van der Waals surface area contributed by atoms with Gasteiger partial charge in [-0.15, -0.1) is 0 Å². The molecule has 2 N–H and O–H groups in total. The van der Waals surface area contributed by atoms with Gasteiger partial charge in [0.2, 0.25) is 5.91 Å². The van der Waals surface area contributed by atoms with Crippen LogP contribution in [0.2, 0.25) is 0 Å². The van der Waals surface area contributed by atoms with Crippen molar-refractivity contribution in [3.05, 3.63) is 29.8 Å². The highest BCUT2D eigenvalue weighted by Gasteiger charge is 2.23. The molecule has 0 radical (unpaired) electrons. The molecule has 4 nitrogen and oxygen atoms in total. The number of amides is 1. The van der Waals surface area contributed by atoms with E-state index in [0.29, 0.717) is 6.54 Å². The number of hydrogen-bond acceptors (Lipinski definition) is 3. The van der Waals surface area contributed by atoms with E-state index in [1.165, 1.54) is 0 Å². The second-order valence-electron chi connectivity index (χ2n) is 4.74. The molecule has 0 spiro atoms. The first-order valence-corrected chi connectivity index (χ1v) is 6.16. The van der Waals surface area contributed by atoms with Gasteiger partial charge in [-0.3, -0.25) is 9.69 Å². The zero-order valence-electron chi connectivity index (χ0n) is 10.4. The van der Waals surface area contributed by atoms with E-state index < -0.39 is 11.6 Å². The highest BCUT2D eigenvalue weighted by atomic mass is 19.1. The molecular weight excluding hydrogens is 254 g/mol. The third kappa shape index (κ3) is 3.71. The van der Waals surface area contributed by atoms with E-state index >= 15 is 0 Å². The second kappa shape index (κ2) is 6.08. The summed E-state index contributed by atoms with van der Waals surface area (Å²) in [6.45, 7) is 1.60. The summed E-state index contributed by atoms with van der Waals surface area (Å²) in [7, 11) is 0. The molecule has 1 aromatic rings. The van der Waals surface area contributed by atoms with E-state index in [1.54, 1.807) is 0 Å². The van der Waals surface area contributed by atoms with Gasteiger partial charge in [-0.25, -0.2) is 8.78 Å². The van der Waals surface area contributed by atoms with Crippen LogP contribution in [0.4, 0.5) is 14.5 Å². The lowest BCUT2D eigenvalue weighted by molar-refractivity contribution is -0.117. The van der Waals surface area contributed by atoms with Crippen LogP contribution in [0.15, 0.2) is 18.2 Å². The first-order chi connectivity index (χ1) is 9.08. The van der Waals surface area contributed by atoms with E-state index in [1.807, 2.05) is 4.90 Å².